The van der Waals surface area contributed by atoms with Crippen molar-refractivity contribution >= 4 is 15.2 Å². The minimum absolute atomic E-state index is 0.383. The largest absolute Gasteiger partial charge is 0.344 e. The predicted molar refractivity (Wildman–Crippen MR) is 86.1 cm³/mol. The van der Waals surface area contributed by atoms with Crippen LogP contribution < -0.4 is 0 Å². The standard InChI is InChI=1S/C15H16O6P2/c16-22(17,18)15(23(19,20)21)9-11-5-1-3-7-13(11)14-8-4-2-6-12(14)10-15/h1-8H,9-10H2,(H2,16,17,18)(H2,19,20,21). The maximum absolute atomic E-state index is 12.1. The van der Waals surface area contributed by atoms with Gasteiger partial charge in [-0.15, -0.1) is 0 Å². The SMILES string of the molecule is O=P(O)(O)C1(P(=O)(O)O)Cc2ccccc2-c2ccccc2C1. The van der Waals surface area contributed by atoms with Crippen LogP contribution in [-0.4, -0.2) is 24.5 Å². The maximum atomic E-state index is 12.1. The van der Waals surface area contributed by atoms with E-state index in [0.717, 1.165) is 11.1 Å². The van der Waals surface area contributed by atoms with Gasteiger partial charge in [-0.2, -0.15) is 0 Å². The third-order valence-corrected chi connectivity index (χ3v) is 8.72. The highest BCUT2D eigenvalue weighted by Gasteiger charge is 2.60. The highest BCUT2D eigenvalue weighted by molar-refractivity contribution is 7.72. The van der Waals surface area contributed by atoms with Crippen molar-refractivity contribution in [2.45, 2.75) is 17.7 Å². The Morgan fingerprint density at radius 3 is 1.39 bits per heavy atom. The average molecular weight is 354 g/mol. The van der Waals surface area contributed by atoms with Gasteiger partial charge in [-0.05, 0) is 22.3 Å². The second kappa shape index (κ2) is 5.38. The second-order valence-electron chi connectivity index (χ2n) is 5.74. The molecule has 0 bridgehead atoms. The average Bonchev–Trinajstić information content (AvgIpc) is 2.61. The molecule has 0 saturated carbocycles. The molecule has 0 unspecified atom stereocenters. The van der Waals surface area contributed by atoms with Gasteiger partial charge in [0, 0.05) is 12.8 Å². The molecule has 2 aromatic carbocycles. The lowest BCUT2D eigenvalue weighted by Crippen LogP contribution is -2.33. The summed E-state index contributed by atoms with van der Waals surface area (Å²) >= 11 is 0. The fourth-order valence-electron chi connectivity index (χ4n) is 3.13. The van der Waals surface area contributed by atoms with Crippen LogP contribution in [0.3, 0.4) is 0 Å². The minimum Gasteiger partial charge on any atom is -0.324 e. The van der Waals surface area contributed by atoms with Crippen LogP contribution in [0.25, 0.3) is 11.1 Å². The molecular weight excluding hydrogens is 338 g/mol. The summed E-state index contributed by atoms with van der Waals surface area (Å²) in [7, 11) is -10.2. The molecule has 0 aliphatic heterocycles. The summed E-state index contributed by atoms with van der Waals surface area (Å²) in [4.78, 5) is 36.9. The van der Waals surface area contributed by atoms with Gasteiger partial charge in [0.2, 0.25) is 0 Å². The Kier molecular flexibility index (Phi) is 3.88. The van der Waals surface area contributed by atoms with Gasteiger partial charge >= 0.3 is 15.2 Å². The quantitative estimate of drug-likeness (QED) is 0.616. The molecule has 0 atom stereocenters. The number of benzene rings is 2. The summed E-state index contributed by atoms with van der Waals surface area (Å²) in [5.74, 6) is 0. The van der Waals surface area contributed by atoms with Crippen molar-refractivity contribution < 1.29 is 28.7 Å². The lowest BCUT2D eigenvalue weighted by molar-refractivity contribution is 0.305. The third-order valence-electron chi connectivity index (χ3n) is 4.36. The Morgan fingerprint density at radius 1 is 0.696 bits per heavy atom. The van der Waals surface area contributed by atoms with Gasteiger partial charge in [0.25, 0.3) is 0 Å². The fourth-order valence-corrected chi connectivity index (χ4v) is 5.99. The van der Waals surface area contributed by atoms with E-state index in [4.69, 9.17) is 0 Å². The van der Waals surface area contributed by atoms with Crippen molar-refractivity contribution in [1.82, 2.24) is 0 Å². The van der Waals surface area contributed by atoms with Crippen LogP contribution in [-0.2, 0) is 22.0 Å². The Labute approximate surface area is 133 Å². The lowest BCUT2D eigenvalue weighted by atomic mass is 9.97. The van der Waals surface area contributed by atoms with Crippen molar-refractivity contribution in [2.75, 3.05) is 0 Å². The second-order valence-corrected chi connectivity index (χ2v) is 9.98. The number of hydrogen-bond donors (Lipinski definition) is 4. The van der Waals surface area contributed by atoms with Gasteiger partial charge in [-0.25, -0.2) is 0 Å². The molecule has 0 aromatic heterocycles. The maximum Gasteiger partial charge on any atom is 0.344 e. The van der Waals surface area contributed by atoms with Crippen molar-refractivity contribution in [1.29, 1.82) is 0 Å². The Hall–Kier alpha value is -1.26. The zero-order valence-electron chi connectivity index (χ0n) is 12.0. The van der Waals surface area contributed by atoms with Crippen LogP contribution in [0.5, 0.6) is 0 Å². The first-order valence-corrected chi connectivity index (χ1v) is 10.2. The summed E-state index contributed by atoms with van der Waals surface area (Å²) in [6.45, 7) is 0. The topological polar surface area (TPSA) is 115 Å². The molecule has 2 aromatic rings. The lowest BCUT2D eigenvalue weighted by Gasteiger charge is -2.34. The van der Waals surface area contributed by atoms with Crippen LogP contribution in [0.1, 0.15) is 11.1 Å². The molecule has 1 aliphatic carbocycles. The van der Waals surface area contributed by atoms with Crippen molar-refractivity contribution in [3.05, 3.63) is 59.7 Å². The Bertz CT molecular complexity index is 779. The molecule has 0 radical (unpaired) electrons. The molecule has 0 spiro atoms. The summed E-state index contributed by atoms with van der Waals surface area (Å²) < 4.78 is 24.3. The highest BCUT2D eigenvalue weighted by Crippen LogP contribution is 2.72. The Balaban J connectivity index is 2.37. The van der Waals surface area contributed by atoms with Crippen LogP contribution in [0, 0.1) is 0 Å². The normalized spacial score (nSPS) is 17.0. The molecule has 0 heterocycles. The molecule has 23 heavy (non-hydrogen) atoms. The monoisotopic (exact) mass is 354 g/mol. The molecular formula is C15H16O6P2. The number of hydrogen-bond acceptors (Lipinski definition) is 2. The number of rotatable bonds is 2. The summed E-state index contributed by atoms with van der Waals surface area (Å²) in [5.41, 5.74) is 2.52. The van der Waals surface area contributed by atoms with E-state index in [1.807, 2.05) is 0 Å². The van der Waals surface area contributed by atoms with E-state index in [1.54, 1.807) is 48.5 Å². The van der Waals surface area contributed by atoms with Crippen LogP contribution in [0.4, 0.5) is 0 Å². The predicted octanol–water partition coefficient (Wildman–Crippen LogP) is 2.50. The van der Waals surface area contributed by atoms with E-state index in [2.05, 4.69) is 0 Å². The molecule has 0 amide bonds. The van der Waals surface area contributed by atoms with E-state index in [0.29, 0.717) is 11.1 Å². The van der Waals surface area contributed by atoms with Crippen molar-refractivity contribution in [2.24, 2.45) is 0 Å². The zero-order chi connectivity index (χ0) is 16.9. The first-order valence-electron chi connectivity index (χ1n) is 6.93. The highest BCUT2D eigenvalue weighted by atomic mass is 31.2. The van der Waals surface area contributed by atoms with Gasteiger partial charge in [0.1, 0.15) is 0 Å². The summed E-state index contributed by atoms with van der Waals surface area (Å²) in [6, 6.07) is 13.9. The van der Waals surface area contributed by atoms with Crippen LogP contribution in [0.15, 0.2) is 48.5 Å². The van der Waals surface area contributed by atoms with Gasteiger partial charge in [-0.1, -0.05) is 48.5 Å². The molecule has 0 fully saturated rings. The Morgan fingerprint density at radius 2 is 1.04 bits per heavy atom. The first-order chi connectivity index (χ1) is 10.7. The molecule has 3 rings (SSSR count). The number of fused-ring (bicyclic) bond motifs is 3. The van der Waals surface area contributed by atoms with Gasteiger partial charge in [0.05, 0.1) is 0 Å². The molecule has 8 heteroatoms. The summed E-state index contributed by atoms with van der Waals surface area (Å²) in [5, 5.41) is 0. The van der Waals surface area contributed by atoms with Crippen molar-refractivity contribution in [3.63, 3.8) is 0 Å². The first kappa shape index (κ1) is 16.6. The van der Waals surface area contributed by atoms with E-state index in [-0.39, 0.29) is 12.8 Å². The van der Waals surface area contributed by atoms with Crippen molar-refractivity contribution in [3.8, 4) is 11.1 Å². The van der Waals surface area contributed by atoms with Crippen LogP contribution >= 0.6 is 15.2 Å². The third kappa shape index (κ3) is 2.62. The molecule has 1 aliphatic rings. The van der Waals surface area contributed by atoms with Crippen LogP contribution in [0.2, 0.25) is 0 Å². The smallest absolute Gasteiger partial charge is 0.324 e. The van der Waals surface area contributed by atoms with Gasteiger partial charge < -0.3 is 19.6 Å². The van der Waals surface area contributed by atoms with E-state index < -0.39 is 20.1 Å². The van der Waals surface area contributed by atoms with E-state index in [1.165, 1.54) is 0 Å². The zero-order valence-corrected chi connectivity index (χ0v) is 13.8. The molecule has 0 saturated heterocycles. The molecule has 4 N–H and O–H groups in total. The van der Waals surface area contributed by atoms with E-state index >= 15 is 0 Å². The van der Waals surface area contributed by atoms with Gasteiger partial charge in [0.15, 0.2) is 4.90 Å². The summed E-state index contributed by atoms with van der Waals surface area (Å²) in [6.07, 6.45) is -0.765. The van der Waals surface area contributed by atoms with E-state index in [9.17, 15) is 28.7 Å². The van der Waals surface area contributed by atoms with Gasteiger partial charge in [-0.3, -0.25) is 9.13 Å². The fraction of sp³-hybridized carbons (Fsp3) is 0.200. The molecule has 122 valence electrons. The minimum atomic E-state index is -5.10. The molecule has 6 nitrogen and oxygen atoms in total.